The SMILES string of the molecule is CCCCNc1nc(C(F)(F)F)ccc1C=CC(=O)O. The van der Waals surface area contributed by atoms with Gasteiger partial charge in [0.05, 0.1) is 0 Å². The smallest absolute Gasteiger partial charge is 0.433 e. The van der Waals surface area contributed by atoms with Crippen molar-refractivity contribution in [3.8, 4) is 0 Å². The van der Waals surface area contributed by atoms with Crippen LogP contribution in [0.1, 0.15) is 31.0 Å². The van der Waals surface area contributed by atoms with E-state index in [4.69, 9.17) is 5.11 Å². The van der Waals surface area contributed by atoms with Crippen LogP contribution in [0.5, 0.6) is 0 Å². The van der Waals surface area contributed by atoms with Gasteiger partial charge in [-0.1, -0.05) is 13.3 Å². The third-order valence-electron chi connectivity index (χ3n) is 2.45. The van der Waals surface area contributed by atoms with Crippen LogP contribution in [0.25, 0.3) is 6.08 Å². The van der Waals surface area contributed by atoms with E-state index in [1.807, 2.05) is 6.92 Å². The van der Waals surface area contributed by atoms with Crippen LogP contribution >= 0.6 is 0 Å². The number of pyridine rings is 1. The number of carboxylic acids is 1. The lowest BCUT2D eigenvalue weighted by Gasteiger charge is -2.12. The zero-order valence-corrected chi connectivity index (χ0v) is 10.9. The Morgan fingerprint density at radius 2 is 2.15 bits per heavy atom. The number of halogens is 3. The maximum absolute atomic E-state index is 12.6. The van der Waals surface area contributed by atoms with Crippen LogP contribution in [-0.2, 0) is 11.0 Å². The second-order valence-electron chi connectivity index (χ2n) is 4.08. The molecule has 0 aliphatic heterocycles. The lowest BCUT2D eigenvalue weighted by Crippen LogP contribution is -2.12. The van der Waals surface area contributed by atoms with Crippen molar-refractivity contribution in [2.45, 2.75) is 25.9 Å². The quantitative estimate of drug-likeness (QED) is 0.622. The molecule has 0 fully saturated rings. The minimum absolute atomic E-state index is 0.0331. The Morgan fingerprint density at radius 1 is 1.45 bits per heavy atom. The first-order valence-corrected chi connectivity index (χ1v) is 6.07. The topological polar surface area (TPSA) is 62.2 Å². The highest BCUT2D eigenvalue weighted by Gasteiger charge is 2.32. The van der Waals surface area contributed by atoms with Gasteiger partial charge in [0.2, 0.25) is 0 Å². The fourth-order valence-electron chi connectivity index (χ4n) is 1.45. The average molecular weight is 288 g/mol. The highest BCUT2D eigenvalue weighted by Crippen LogP contribution is 2.29. The summed E-state index contributed by atoms with van der Waals surface area (Å²) in [5, 5.41) is 11.4. The lowest BCUT2D eigenvalue weighted by atomic mass is 10.2. The first-order valence-electron chi connectivity index (χ1n) is 6.07. The number of carboxylic acid groups (broad SMARTS) is 1. The zero-order valence-electron chi connectivity index (χ0n) is 10.9. The summed E-state index contributed by atoms with van der Waals surface area (Å²) in [6.07, 6.45) is -0.804. The van der Waals surface area contributed by atoms with Gasteiger partial charge in [-0.2, -0.15) is 13.2 Å². The van der Waals surface area contributed by atoms with E-state index < -0.39 is 17.8 Å². The van der Waals surface area contributed by atoms with Crippen LogP contribution in [0.15, 0.2) is 18.2 Å². The van der Waals surface area contributed by atoms with E-state index in [-0.39, 0.29) is 5.82 Å². The molecule has 0 radical (unpaired) electrons. The van der Waals surface area contributed by atoms with Crippen LogP contribution < -0.4 is 5.32 Å². The van der Waals surface area contributed by atoms with Gasteiger partial charge in [-0.15, -0.1) is 0 Å². The normalized spacial score (nSPS) is 11.8. The molecule has 0 saturated heterocycles. The van der Waals surface area contributed by atoms with E-state index in [1.165, 1.54) is 12.1 Å². The predicted octanol–water partition coefficient (Wildman–Crippen LogP) is 3.41. The van der Waals surface area contributed by atoms with E-state index in [0.29, 0.717) is 12.1 Å². The van der Waals surface area contributed by atoms with E-state index >= 15 is 0 Å². The molecule has 20 heavy (non-hydrogen) atoms. The lowest BCUT2D eigenvalue weighted by molar-refractivity contribution is -0.141. The molecule has 1 aromatic rings. The second kappa shape index (κ2) is 6.93. The van der Waals surface area contributed by atoms with Gasteiger partial charge < -0.3 is 10.4 Å². The molecule has 0 aliphatic rings. The van der Waals surface area contributed by atoms with Gasteiger partial charge in [0.15, 0.2) is 0 Å². The van der Waals surface area contributed by atoms with Gasteiger partial charge in [-0.05, 0) is 24.6 Å². The molecule has 0 unspecified atom stereocenters. The predicted molar refractivity (Wildman–Crippen MR) is 69.3 cm³/mol. The van der Waals surface area contributed by atoms with E-state index in [0.717, 1.165) is 25.0 Å². The summed E-state index contributed by atoms with van der Waals surface area (Å²) in [6, 6.07) is 2.02. The third-order valence-corrected chi connectivity index (χ3v) is 2.45. The molecule has 0 aliphatic carbocycles. The number of unbranched alkanes of at least 4 members (excludes halogenated alkanes) is 1. The number of aliphatic carboxylic acids is 1. The van der Waals surface area contributed by atoms with Crippen molar-refractivity contribution in [1.82, 2.24) is 4.98 Å². The monoisotopic (exact) mass is 288 g/mol. The standard InChI is InChI=1S/C13H15F3N2O2/c1-2-3-8-17-12-9(5-7-11(19)20)4-6-10(18-12)13(14,15)16/h4-7H,2-3,8H2,1H3,(H,17,18)(H,19,20). The summed E-state index contributed by atoms with van der Waals surface area (Å²) in [5.41, 5.74) is -0.708. The van der Waals surface area contributed by atoms with Gasteiger partial charge in [-0.3, -0.25) is 0 Å². The molecule has 0 spiro atoms. The third kappa shape index (κ3) is 4.91. The summed E-state index contributed by atoms with van der Waals surface area (Å²) in [5.74, 6) is -1.14. The Hall–Kier alpha value is -2.05. The van der Waals surface area contributed by atoms with E-state index in [9.17, 15) is 18.0 Å². The molecule has 2 N–H and O–H groups in total. The van der Waals surface area contributed by atoms with Crippen molar-refractivity contribution in [2.75, 3.05) is 11.9 Å². The van der Waals surface area contributed by atoms with Gasteiger partial charge in [0.25, 0.3) is 0 Å². The molecule has 110 valence electrons. The number of nitrogens with zero attached hydrogens (tertiary/aromatic N) is 1. The number of nitrogens with one attached hydrogen (secondary N) is 1. The fraction of sp³-hybridized carbons (Fsp3) is 0.385. The zero-order chi connectivity index (χ0) is 15.2. The Balaban J connectivity index is 3.06. The van der Waals surface area contributed by atoms with Crippen LogP contribution in [0, 0.1) is 0 Å². The number of hydrogen-bond acceptors (Lipinski definition) is 3. The largest absolute Gasteiger partial charge is 0.478 e. The highest BCUT2D eigenvalue weighted by atomic mass is 19.4. The highest BCUT2D eigenvalue weighted by molar-refractivity contribution is 5.86. The van der Waals surface area contributed by atoms with Crippen molar-refractivity contribution in [1.29, 1.82) is 0 Å². The molecule has 1 heterocycles. The molecule has 0 saturated carbocycles. The maximum Gasteiger partial charge on any atom is 0.433 e. The van der Waals surface area contributed by atoms with Gasteiger partial charge in [0, 0.05) is 18.2 Å². The molecule has 0 aromatic carbocycles. The maximum atomic E-state index is 12.6. The van der Waals surface area contributed by atoms with Gasteiger partial charge >= 0.3 is 12.1 Å². The average Bonchev–Trinajstić information content (AvgIpc) is 2.36. The van der Waals surface area contributed by atoms with Crippen molar-refractivity contribution < 1.29 is 23.1 Å². The number of aromatic nitrogens is 1. The van der Waals surface area contributed by atoms with Gasteiger partial charge in [-0.25, -0.2) is 9.78 Å². The summed E-state index contributed by atoms with van der Waals surface area (Å²) in [6.45, 7) is 2.42. The van der Waals surface area contributed by atoms with Crippen molar-refractivity contribution in [3.63, 3.8) is 0 Å². The fourth-order valence-corrected chi connectivity index (χ4v) is 1.45. The minimum Gasteiger partial charge on any atom is -0.478 e. The molecule has 0 atom stereocenters. The minimum atomic E-state index is -4.53. The first kappa shape index (κ1) is 16.0. The van der Waals surface area contributed by atoms with Crippen LogP contribution in [-0.4, -0.2) is 22.6 Å². The van der Waals surface area contributed by atoms with Crippen molar-refractivity contribution in [2.24, 2.45) is 0 Å². The van der Waals surface area contributed by atoms with Gasteiger partial charge in [0.1, 0.15) is 11.5 Å². The van der Waals surface area contributed by atoms with E-state index in [1.54, 1.807) is 0 Å². The first-order chi connectivity index (χ1) is 9.34. The van der Waals surface area contributed by atoms with Crippen LogP contribution in [0.3, 0.4) is 0 Å². The molecule has 4 nitrogen and oxygen atoms in total. The summed E-state index contributed by atoms with van der Waals surface area (Å²) in [4.78, 5) is 14.0. The Kier molecular flexibility index (Phi) is 5.54. The van der Waals surface area contributed by atoms with E-state index in [2.05, 4.69) is 10.3 Å². The van der Waals surface area contributed by atoms with Crippen molar-refractivity contribution in [3.05, 3.63) is 29.5 Å². The molecular formula is C13H15F3N2O2. The Morgan fingerprint density at radius 3 is 2.70 bits per heavy atom. The number of anilines is 1. The molecule has 0 bridgehead atoms. The second-order valence-corrected chi connectivity index (χ2v) is 4.08. The Bertz CT molecular complexity index is 499. The number of alkyl halides is 3. The molecule has 7 heteroatoms. The summed E-state index contributed by atoms with van der Waals surface area (Å²) >= 11 is 0. The van der Waals surface area contributed by atoms with Crippen LogP contribution in [0.2, 0.25) is 0 Å². The molecule has 0 amide bonds. The van der Waals surface area contributed by atoms with Crippen molar-refractivity contribution >= 4 is 17.9 Å². The number of rotatable bonds is 6. The van der Waals surface area contributed by atoms with Crippen LogP contribution in [0.4, 0.5) is 19.0 Å². The molecule has 1 rings (SSSR count). The number of carbonyl (C=O) groups is 1. The molecule has 1 aromatic heterocycles. The Labute approximate surface area is 114 Å². The number of hydrogen-bond donors (Lipinski definition) is 2. The summed E-state index contributed by atoms with van der Waals surface area (Å²) < 4.78 is 37.8. The molecular weight excluding hydrogens is 273 g/mol. The summed E-state index contributed by atoms with van der Waals surface area (Å²) in [7, 11) is 0.